The molecule has 0 saturated carbocycles. The van der Waals surface area contributed by atoms with Gasteiger partial charge >= 0.3 is 6.09 Å². The van der Waals surface area contributed by atoms with E-state index >= 15 is 0 Å². The molecule has 1 aromatic carbocycles. The van der Waals surface area contributed by atoms with Gasteiger partial charge in [-0.15, -0.1) is 0 Å². The second kappa shape index (κ2) is 13.6. The lowest BCUT2D eigenvalue weighted by Gasteiger charge is -2.40. The maximum absolute atomic E-state index is 13.4. The minimum atomic E-state index is -3.19. The number of piperidine rings is 1. The van der Waals surface area contributed by atoms with Crippen LogP contribution in [-0.2, 0) is 14.8 Å². The molecule has 1 N–H and O–H groups in total. The highest BCUT2D eigenvalue weighted by Gasteiger charge is 2.41. The van der Waals surface area contributed by atoms with Crippen molar-refractivity contribution in [3.05, 3.63) is 46.2 Å². The number of fused-ring (bicyclic) bond motifs is 3. The number of sulfonamides is 1. The number of hydrogen-bond donors (Lipinski definition) is 1. The fraction of sp³-hybridized carbons (Fsp3) is 0.645. The summed E-state index contributed by atoms with van der Waals surface area (Å²) in [5, 5.41) is 4.05. The average molecular weight is 631 g/mol. The van der Waals surface area contributed by atoms with E-state index < -0.39 is 10.0 Å². The summed E-state index contributed by atoms with van der Waals surface area (Å²) in [6.07, 6.45) is 4.55. The Kier molecular flexibility index (Phi) is 9.98. The molecule has 2 unspecified atom stereocenters. The van der Waals surface area contributed by atoms with Crippen molar-refractivity contribution in [2.45, 2.75) is 63.7 Å². The van der Waals surface area contributed by atoms with Crippen LogP contribution in [0, 0.1) is 0 Å². The summed E-state index contributed by atoms with van der Waals surface area (Å²) in [5.74, 6) is -0.317. The van der Waals surface area contributed by atoms with Crippen LogP contribution in [0.4, 0.5) is 4.79 Å². The van der Waals surface area contributed by atoms with Crippen LogP contribution in [0.5, 0.6) is 0 Å². The molecule has 242 valence electrons. The summed E-state index contributed by atoms with van der Waals surface area (Å²) >= 11 is 0. The predicted octanol–water partition coefficient (Wildman–Crippen LogP) is 1.95. The summed E-state index contributed by atoms with van der Waals surface area (Å²) < 4.78 is 31.9. The van der Waals surface area contributed by atoms with Crippen LogP contribution in [0.1, 0.15) is 55.9 Å². The van der Waals surface area contributed by atoms with E-state index in [0.717, 1.165) is 43.1 Å². The molecule has 2 atom stereocenters. The van der Waals surface area contributed by atoms with Crippen molar-refractivity contribution >= 4 is 32.9 Å². The molecule has 4 heterocycles. The van der Waals surface area contributed by atoms with E-state index in [2.05, 4.69) is 15.1 Å². The van der Waals surface area contributed by atoms with E-state index in [0.29, 0.717) is 57.9 Å². The first kappa shape index (κ1) is 32.4. The zero-order valence-corrected chi connectivity index (χ0v) is 27.1. The van der Waals surface area contributed by atoms with E-state index in [1.165, 1.54) is 17.7 Å². The molecular formula is C31H46N6O6S. The van der Waals surface area contributed by atoms with Gasteiger partial charge in [0.1, 0.15) is 5.56 Å². The predicted molar refractivity (Wildman–Crippen MR) is 169 cm³/mol. The summed E-state index contributed by atoms with van der Waals surface area (Å²) in [4.78, 5) is 45.8. The minimum Gasteiger partial charge on any atom is -0.453 e. The van der Waals surface area contributed by atoms with Gasteiger partial charge in [0.05, 0.1) is 18.9 Å². The number of carbonyl (C=O) groups excluding carboxylic acids is 2. The normalized spacial score (nSPS) is 23.2. The summed E-state index contributed by atoms with van der Waals surface area (Å²) in [6.45, 7) is 8.50. The molecular weight excluding hydrogens is 584 g/mol. The van der Waals surface area contributed by atoms with Crippen LogP contribution in [0.3, 0.4) is 0 Å². The number of nitrogens with one attached hydrogen (secondary N) is 1. The number of benzene rings is 1. The van der Waals surface area contributed by atoms with Crippen molar-refractivity contribution in [1.29, 1.82) is 0 Å². The Balaban J connectivity index is 1.16. The minimum absolute atomic E-state index is 0.0167. The van der Waals surface area contributed by atoms with Gasteiger partial charge in [-0.3, -0.25) is 19.4 Å². The lowest BCUT2D eigenvalue weighted by molar-refractivity contribution is 0.0746. The van der Waals surface area contributed by atoms with Crippen LogP contribution in [0.2, 0.25) is 0 Å². The van der Waals surface area contributed by atoms with Gasteiger partial charge in [0.25, 0.3) is 11.5 Å². The molecule has 3 saturated heterocycles. The summed E-state index contributed by atoms with van der Waals surface area (Å²) in [7, 11) is -1.79. The lowest BCUT2D eigenvalue weighted by Crippen LogP contribution is -2.53. The van der Waals surface area contributed by atoms with Crippen molar-refractivity contribution < 1.29 is 22.7 Å². The molecule has 44 heavy (non-hydrogen) atoms. The smallest absolute Gasteiger partial charge is 0.409 e. The van der Waals surface area contributed by atoms with E-state index in [9.17, 15) is 22.8 Å². The van der Waals surface area contributed by atoms with Crippen LogP contribution in [0.15, 0.2) is 35.1 Å². The second-order valence-corrected chi connectivity index (χ2v) is 14.6. The molecule has 13 heteroatoms. The van der Waals surface area contributed by atoms with Gasteiger partial charge < -0.3 is 19.5 Å². The molecule has 1 aromatic heterocycles. The highest BCUT2D eigenvalue weighted by atomic mass is 32.2. The van der Waals surface area contributed by atoms with Crippen molar-refractivity contribution in [3.8, 4) is 0 Å². The van der Waals surface area contributed by atoms with Crippen LogP contribution < -0.4 is 10.9 Å². The molecule has 2 amide bonds. The number of aromatic nitrogens is 1. The number of piperazine rings is 1. The number of para-hydroxylation sites is 1. The van der Waals surface area contributed by atoms with Crippen molar-refractivity contribution in [2.75, 3.05) is 65.7 Å². The van der Waals surface area contributed by atoms with E-state index in [1.807, 2.05) is 38.1 Å². The molecule has 3 aliphatic heterocycles. The third kappa shape index (κ3) is 7.11. The first-order valence-corrected chi connectivity index (χ1v) is 17.5. The Morgan fingerprint density at radius 2 is 1.66 bits per heavy atom. The van der Waals surface area contributed by atoms with E-state index in [-0.39, 0.29) is 35.2 Å². The Morgan fingerprint density at radius 3 is 2.27 bits per heavy atom. The fourth-order valence-corrected chi connectivity index (χ4v) is 8.01. The van der Waals surface area contributed by atoms with Crippen LogP contribution >= 0.6 is 0 Å². The number of carbonyl (C=O) groups is 2. The molecule has 3 aliphatic rings. The Bertz CT molecular complexity index is 1510. The number of ether oxygens (including phenoxy) is 1. The molecule has 0 radical (unpaired) electrons. The van der Waals surface area contributed by atoms with Crippen molar-refractivity contribution in [3.63, 3.8) is 0 Å². The third-order valence-corrected chi connectivity index (χ3v) is 10.8. The number of hydrogen-bond acceptors (Lipinski definition) is 8. The van der Waals surface area contributed by atoms with E-state index in [1.54, 1.807) is 15.5 Å². The van der Waals surface area contributed by atoms with Gasteiger partial charge in [-0.1, -0.05) is 18.2 Å². The second-order valence-electron chi connectivity index (χ2n) is 12.6. The first-order valence-electron chi connectivity index (χ1n) is 15.7. The van der Waals surface area contributed by atoms with Gasteiger partial charge in [-0.2, -0.15) is 4.31 Å². The van der Waals surface area contributed by atoms with Gasteiger partial charge in [-0.25, -0.2) is 13.2 Å². The largest absolute Gasteiger partial charge is 0.453 e. The van der Waals surface area contributed by atoms with Crippen LogP contribution in [0.25, 0.3) is 10.9 Å². The zero-order chi connectivity index (χ0) is 31.6. The monoisotopic (exact) mass is 630 g/mol. The molecule has 0 aliphatic carbocycles. The number of methoxy groups -OCH3 is 1. The molecule has 0 spiro atoms. The Labute approximate surface area is 260 Å². The lowest BCUT2D eigenvalue weighted by atomic mass is 9.96. The maximum atomic E-state index is 13.4. The molecule has 12 nitrogen and oxygen atoms in total. The van der Waals surface area contributed by atoms with Gasteiger partial charge in [0.15, 0.2) is 0 Å². The Hall–Kier alpha value is -3.00. The van der Waals surface area contributed by atoms with Crippen molar-refractivity contribution in [2.24, 2.45) is 0 Å². The third-order valence-electron chi connectivity index (χ3n) is 9.47. The molecule has 2 bridgehead atoms. The van der Waals surface area contributed by atoms with Gasteiger partial charge in [0.2, 0.25) is 10.0 Å². The molecule has 3 fully saturated rings. The Morgan fingerprint density at radius 1 is 1.02 bits per heavy atom. The highest BCUT2D eigenvalue weighted by molar-refractivity contribution is 7.88. The summed E-state index contributed by atoms with van der Waals surface area (Å²) in [6, 6.07) is 9.87. The fourth-order valence-electron chi connectivity index (χ4n) is 7.19. The van der Waals surface area contributed by atoms with Gasteiger partial charge in [-0.05, 0) is 57.0 Å². The number of nitrogens with zero attached hydrogens (tertiary/aromatic N) is 5. The highest BCUT2D eigenvalue weighted by Crippen LogP contribution is 2.35. The summed E-state index contributed by atoms with van der Waals surface area (Å²) in [5.41, 5.74) is 0.737. The number of rotatable bonds is 10. The zero-order valence-electron chi connectivity index (χ0n) is 26.3. The van der Waals surface area contributed by atoms with Crippen molar-refractivity contribution in [1.82, 2.24) is 28.9 Å². The molecule has 2 aromatic rings. The van der Waals surface area contributed by atoms with Gasteiger partial charge in [0, 0.05) is 76.5 Å². The maximum Gasteiger partial charge on any atom is 0.409 e. The standard InChI is InChI=1S/C31H46N6O6S/c1-22(2)37-28-8-6-5-7-23(28)19-27(30(37)39)29(38)32-24-20-25-9-10-26(21-24)36(25)18-15-34(31(40)43-3)14-11-33-12-16-35(17-13-33)44(4,41)42/h5-8,19,22,24-26H,9-18,20-21H2,1-4H3,(H,32,38). The van der Waals surface area contributed by atoms with Crippen LogP contribution in [-0.4, -0.2) is 128 Å². The molecule has 5 rings (SSSR count). The van der Waals surface area contributed by atoms with E-state index in [4.69, 9.17) is 4.74 Å². The topological polar surface area (TPSA) is 124 Å². The first-order chi connectivity index (χ1) is 21.0. The SMILES string of the molecule is COC(=O)N(CCN1CCN(S(C)(=O)=O)CC1)CCN1C2CCC1CC(NC(=O)c1cc3ccccc3n(C(C)C)c1=O)C2. The number of pyridine rings is 1. The average Bonchev–Trinajstić information content (AvgIpc) is 3.23. The number of amides is 2. The quantitative estimate of drug-likeness (QED) is 0.423.